The van der Waals surface area contributed by atoms with Gasteiger partial charge in [-0.1, -0.05) is 0 Å². The number of nitrogens with zero attached hydrogens (tertiary/aromatic N) is 2. The fourth-order valence-electron chi connectivity index (χ4n) is 1.52. The van der Waals surface area contributed by atoms with Gasteiger partial charge in [0.2, 0.25) is 0 Å². The number of benzene rings is 1. The van der Waals surface area contributed by atoms with Gasteiger partial charge in [0, 0.05) is 12.6 Å². The number of rotatable bonds is 4. The molecule has 0 saturated carbocycles. The van der Waals surface area contributed by atoms with Crippen LogP contribution in [0.25, 0.3) is 5.69 Å². The molecular weight excluding hydrogens is 202 g/mol. The molecule has 0 amide bonds. The molecule has 0 saturated heterocycles. The van der Waals surface area contributed by atoms with E-state index in [9.17, 15) is 0 Å². The maximum atomic E-state index is 5.48. The standard InChI is InChI=1S/C12H15N3O/c1-16-12-4-2-11(3-5-12)15-9-7-10(14-15)6-8-13/h2-5,7,9H,6,8,13H2,1H3. The summed E-state index contributed by atoms with van der Waals surface area (Å²) in [4.78, 5) is 0. The van der Waals surface area contributed by atoms with Gasteiger partial charge >= 0.3 is 0 Å². The normalized spacial score (nSPS) is 10.4. The lowest BCUT2D eigenvalue weighted by molar-refractivity contribution is 0.414. The highest BCUT2D eigenvalue weighted by molar-refractivity contribution is 5.36. The van der Waals surface area contributed by atoms with Crippen molar-refractivity contribution in [1.82, 2.24) is 9.78 Å². The summed E-state index contributed by atoms with van der Waals surface area (Å²) in [6, 6.07) is 9.76. The molecule has 0 unspecified atom stereocenters. The zero-order valence-corrected chi connectivity index (χ0v) is 9.26. The lowest BCUT2D eigenvalue weighted by atomic mass is 10.3. The lowest BCUT2D eigenvalue weighted by Gasteiger charge is -2.03. The van der Waals surface area contributed by atoms with Crippen molar-refractivity contribution in [3.8, 4) is 11.4 Å². The molecule has 1 heterocycles. The summed E-state index contributed by atoms with van der Waals surface area (Å²) in [6.07, 6.45) is 2.75. The molecule has 1 aromatic heterocycles. The quantitative estimate of drug-likeness (QED) is 0.841. The fraction of sp³-hybridized carbons (Fsp3) is 0.250. The van der Waals surface area contributed by atoms with Gasteiger partial charge in [0.05, 0.1) is 18.5 Å². The zero-order chi connectivity index (χ0) is 11.4. The van der Waals surface area contributed by atoms with Crippen LogP contribution in [0.1, 0.15) is 5.69 Å². The Morgan fingerprint density at radius 3 is 2.62 bits per heavy atom. The Morgan fingerprint density at radius 2 is 2.00 bits per heavy atom. The van der Waals surface area contributed by atoms with Gasteiger partial charge in [-0.05, 0) is 36.9 Å². The fourth-order valence-corrected chi connectivity index (χ4v) is 1.52. The Kier molecular flexibility index (Phi) is 3.22. The number of ether oxygens (including phenoxy) is 1. The lowest BCUT2D eigenvalue weighted by Crippen LogP contribution is -2.04. The van der Waals surface area contributed by atoms with E-state index in [4.69, 9.17) is 10.5 Å². The highest BCUT2D eigenvalue weighted by atomic mass is 16.5. The van der Waals surface area contributed by atoms with Gasteiger partial charge in [-0.3, -0.25) is 0 Å². The summed E-state index contributed by atoms with van der Waals surface area (Å²) in [6.45, 7) is 0.625. The third-order valence-electron chi connectivity index (χ3n) is 2.38. The van der Waals surface area contributed by atoms with Crippen molar-refractivity contribution < 1.29 is 4.74 Å². The Labute approximate surface area is 94.6 Å². The van der Waals surface area contributed by atoms with Crippen molar-refractivity contribution in [3.63, 3.8) is 0 Å². The van der Waals surface area contributed by atoms with E-state index < -0.39 is 0 Å². The van der Waals surface area contributed by atoms with Crippen LogP contribution in [-0.2, 0) is 6.42 Å². The third kappa shape index (κ3) is 2.23. The Bertz CT molecular complexity index is 448. The topological polar surface area (TPSA) is 53.1 Å². The van der Waals surface area contributed by atoms with E-state index in [1.807, 2.05) is 41.2 Å². The number of hydrogen-bond acceptors (Lipinski definition) is 3. The zero-order valence-electron chi connectivity index (χ0n) is 9.26. The van der Waals surface area contributed by atoms with Gasteiger partial charge in [0.1, 0.15) is 5.75 Å². The molecule has 0 aliphatic carbocycles. The van der Waals surface area contributed by atoms with Crippen molar-refractivity contribution in [3.05, 3.63) is 42.2 Å². The maximum Gasteiger partial charge on any atom is 0.119 e. The molecule has 4 nitrogen and oxygen atoms in total. The molecule has 16 heavy (non-hydrogen) atoms. The van der Waals surface area contributed by atoms with Crippen LogP contribution in [0.2, 0.25) is 0 Å². The first kappa shape index (κ1) is 10.7. The van der Waals surface area contributed by atoms with Crippen LogP contribution in [-0.4, -0.2) is 23.4 Å². The second kappa shape index (κ2) is 4.81. The average Bonchev–Trinajstić information content (AvgIpc) is 2.78. The first-order valence-corrected chi connectivity index (χ1v) is 5.22. The first-order valence-electron chi connectivity index (χ1n) is 5.22. The van der Waals surface area contributed by atoms with Crippen LogP contribution >= 0.6 is 0 Å². The SMILES string of the molecule is COc1ccc(-n2ccc(CCN)n2)cc1. The molecule has 2 aromatic rings. The van der Waals surface area contributed by atoms with E-state index >= 15 is 0 Å². The number of nitrogens with two attached hydrogens (primary N) is 1. The van der Waals surface area contributed by atoms with Crippen LogP contribution in [0, 0.1) is 0 Å². The molecule has 0 radical (unpaired) electrons. The number of hydrogen-bond donors (Lipinski definition) is 1. The van der Waals surface area contributed by atoms with Crippen molar-refractivity contribution in [2.24, 2.45) is 5.73 Å². The van der Waals surface area contributed by atoms with Gasteiger partial charge in [-0.2, -0.15) is 5.10 Å². The van der Waals surface area contributed by atoms with Gasteiger partial charge in [0.25, 0.3) is 0 Å². The molecular formula is C12H15N3O. The largest absolute Gasteiger partial charge is 0.497 e. The molecule has 84 valence electrons. The molecule has 1 aromatic carbocycles. The summed E-state index contributed by atoms with van der Waals surface area (Å²) >= 11 is 0. The minimum Gasteiger partial charge on any atom is -0.497 e. The van der Waals surface area contributed by atoms with Crippen molar-refractivity contribution >= 4 is 0 Å². The van der Waals surface area contributed by atoms with Crippen molar-refractivity contribution in [2.45, 2.75) is 6.42 Å². The number of aromatic nitrogens is 2. The van der Waals surface area contributed by atoms with Gasteiger partial charge in [-0.25, -0.2) is 4.68 Å². The van der Waals surface area contributed by atoms with E-state index in [-0.39, 0.29) is 0 Å². The molecule has 0 fully saturated rings. The van der Waals surface area contributed by atoms with E-state index in [0.29, 0.717) is 6.54 Å². The molecule has 0 bridgehead atoms. The molecule has 2 rings (SSSR count). The molecule has 0 spiro atoms. The van der Waals surface area contributed by atoms with Gasteiger partial charge in [-0.15, -0.1) is 0 Å². The van der Waals surface area contributed by atoms with Crippen LogP contribution < -0.4 is 10.5 Å². The first-order chi connectivity index (χ1) is 7.83. The second-order valence-corrected chi connectivity index (χ2v) is 3.49. The summed E-state index contributed by atoms with van der Waals surface area (Å²) in [5.41, 5.74) is 7.51. The summed E-state index contributed by atoms with van der Waals surface area (Å²) < 4.78 is 6.94. The Hall–Kier alpha value is -1.81. The molecule has 0 aliphatic rings. The predicted molar refractivity (Wildman–Crippen MR) is 62.9 cm³/mol. The highest BCUT2D eigenvalue weighted by Crippen LogP contribution is 2.14. The molecule has 0 aliphatic heterocycles. The van der Waals surface area contributed by atoms with E-state index in [1.54, 1.807) is 7.11 Å². The van der Waals surface area contributed by atoms with Gasteiger partial charge < -0.3 is 10.5 Å². The smallest absolute Gasteiger partial charge is 0.119 e. The average molecular weight is 217 g/mol. The molecule has 4 heteroatoms. The third-order valence-corrected chi connectivity index (χ3v) is 2.38. The van der Waals surface area contributed by atoms with Crippen LogP contribution in [0.5, 0.6) is 5.75 Å². The van der Waals surface area contributed by atoms with E-state index in [2.05, 4.69) is 5.10 Å². The van der Waals surface area contributed by atoms with Crippen molar-refractivity contribution in [2.75, 3.05) is 13.7 Å². The minimum atomic E-state index is 0.625. The van der Waals surface area contributed by atoms with E-state index in [1.165, 1.54) is 0 Å². The second-order valence-electron chi connectivity index (χ2n) is 3.49. The van der Waals surface area contributed by atoms with Crippen LogP contribution in [0.3, 0.4) is 0 Å². The van der Waals surface area contributed by atoms with Gasteiger partial charge in [0.15, 0.2) is 0 Å². The van der Waals surface area contributed by atoms with Crippen molar-refractivity contribution in [1.29, 1.82) is 0 Å². The van der Waals surface area contributed by atoms with E-state index in [0.717, 1.165) is 23.6 Å². The number of methoxy groups -OCH3 is 1. The molecule has 2 N–H and O–H groups in total. The summed E-state index contributed by atoms with van der Waals surface area (Å²) in [7, 11) is 1.66. The van der Waals surface area contributed by atoms with Crippen LogP contribution in [0.4, 0.5) is 0 Å². The minimum absolute atomic E-state index is 0.625. The Morgan fingerprint density at radius 1 is 1.25 bits per heavy atom. The summed E-state index contributed by atoms with van der Waals surface area (Å²) in [5.74, 6) is 0.845. The van der Waals surface area contributed by atoms with Crippen LogP contribution in [0.15, 0.2) is 36.5 Å². The molecule has 0 atom stereocenters. The predicted octanol–water partition coefficient (Wildman–Crippen LogP) is 1.38. The monoisotopic (exact) mass is 217 g/mol. The summed E-state index contributed by atoms with van der Waals surface area (Å²) in [5, 5.41) is 4.42. The maximum absolute atomic E-state index is 5.48. The highest BCUT2D eigenvalue weighted by Gasteiger charge is 2.00. The Balaban J connectivity index is 2.21.